The molecule has 2 fully saturated rings. The average Bonchev–Trinajstić information content (AvgIpc) is 2.15. The van der Waals surface area contributed by atoms with Crippen molar-refractivity contribution in [3.63, 3.8) is 0 Å². The Hall–Kier alpha value is 0.310. The molecule has 2 aliphatic heterocycles. The van der Waals surface area contributed by atoms with Crippen LogP contribution in [0.5, 0.6) is 0 Å². The van der Waals surface area contributed by atoms with Gasteiger partial charge in [-0.05, 0) is 19.0 Å². The second-order valence-corrected chi connectivity index (χ2v) is 4.13. The third-order valence-corrected chi connectivity index (χ3v) is 3.60. The molecule has 0 radical (unpaired) electrons. The summed E-state index contributed by atoms with van der Waals surface area (Å²) in [6.45, 7) is 0. The number of hydroxylamine groups is 1. The van der Waals surface area contributed by atoms with Crippen molar-refractivity contribution in [3.8, 4) is 0 Å². The highest BCUT2D eigenvalue weighted by Gasteiger charge is 2.34. The van der Waals surface area contributed by atoms with Crippen molar-refractivity contribution in [1.82, 2.24) is 5.48 Å². The first kappa shape index (κ1) is 5.12. The lowest BCUT2D eigenvalue weighted by atomic mass is 10.3. The first-order chi connectivity index (χ1) is 3.97. The zero-order valence-corrected chi connectivity index (χ0v) is 5.36. The van der Waals surface area contributed by atoms with Gasteiger partial charge in [0.25, 0.3) is 0 Å². The van der Waals surface area contributed by atoms with Crippen LogP contribution in [-0.2, 0) is 9.66 Å². The standard InChI is InChI=1S/C4H8NO2P/c1-2-4-5-6-7-8(4)3-1/h4-5H,1-3H2. The molecule has 2 unspecified atom stereocenters. The lowest BCUT2D eigenvalue weighted by molar-refractivity contribution is -0.231. The van der Waals surface area contributed by atoms with E-state index in [1.54, 1.807) is 0 Å². The molecule has 2 saturated heterocycles. The summed E-state index contributed by atoms with van der Waals surface area (Å²) in [5.41, 5.74) is 2.83. The third kappa shape index (κ3) is 0.669. The highest BCUT2D eigenvalue weighted by molar-refractivity contribution is 7.53. The molecule has 0 aromatic rings. The van der Waals surface area contributed by atoms with Crippen molar-refractivity contribution in [2.24, 2.45) is 0 Å². The Balaban J connectivity index is 2.04. The largest absolute Gasteiger partial charge is 0.195 e. The number of hydrogen-bond donors (Lipinski definition) is 1. The SMILES string of the molecule is C1CC2NOOP2C1. The van der Waals surface area contributed by atoms with Crippen LogP contribution in [0.25, 0.3) is 0 Å². The molecule has 0 aromatic heterocycles. The fourth-order valence-electron chi connectivity index (χ4n) is 1.07. The highest BCUT2D eigenvalue weighted by Crippen LogP contribution is 2.52. The average molecular weight is 133 g/mol. The van der Waals surface area contributed by atoms with E-state index in [4.69, 9.17) is 4.67 Å². The summed E-state index contributed by atoms with van der Waals surface area (Å²) < 4.78 is 4.93. The van der Waals surface area contributed by atoms with Crippen LogP contribution in [0.3, 0.4) is 0 Å². The summed E-state index contributed by atoms with van der Waals surface area (Å²) in [7, 11) is -0.226. The Bertz CT molecular complexity index is 80.0. The Morgan fingerprint density at radius 2 is 2.62 bits per heavy atom. The zero-order chi connectivity index (χ0) is 5.40. The maximum atomic E-state index is 4.93. The molecular formula is C4H8NO2P. The normalized spacial score (nSPS) is 45.0. The fourth-order valence-corrected chi connectivity index (χ4v) is 2.83. The topological polar surface area (TPSA) is 30.5 Å². The van der Waals surface area contributed by atoms with Gasteiger partial charge < -0.3 is 0 Å². The van der Waals surface area contributed by atoms with Gasteiger partial charge in [-0.2, -0.15) is 10.2 Å². The van der Waals surface area contributed by atoms with Crippen LogP contribution in [0.4, 0.5) is 0 Å². The van der Waals surface area contributed by atoms with Crippen molar-refractivity contribution in [3.05, 3.63) is 0 Å². The molecule has 0 bridgehead atoms. The first-order valence-electron chi connectivity index (χ1n) is 2.82. The first-order valence-corrected chi connectivity index (χ1v) is 4.34. The minimum absolute atomic E-state index is 0.226. The molecule has 8 heavy (non-hydrogen) atoms. The van der Waals surface area contributed by atoms with Crippen LogP contribution >= 0.6 is 8.15 Å². The van der Waals surface area contributed by atoms with E-state index in [0.717, 1.165) is 0 Å². The number of fused-ring (bicyclic) bond motifs is 1. The fraction of sp³-hybridized carbons (Fsp3) is 1.00. The van der Waals surface area contributed by atoms with Gasteiger partial charge in [-0.25, -0.2) is 0 Å². The molecule has 2 heterocycles. The summed E-state index contributed by atoms with van der Waals surface area (Å²) in [5, 5.41) is 0. The smallest absolute Gasteiger partial charge is 0.0928 e. The van der Waals surface area contributed by atoms with E-state index < -0.39 is 0 Å². The van der Waals surface area contributed by atoms with Gasteiger partial charge >= 0.3 is 0 Å². The van der Waals surface area contributed by atoms with E-state index in [9.17, 15) is 0 Å². The van der Waals surface area contributed by atoms with Crippen LogP contribution in [0.2, 0.25) is 0 Å². The maximum absolute atomic E-state index is 4.93. The van der Waals surface area contributed by atoms with Crippen LogP contribution in [0.15, 0.2) is 0 Å². The summed E-state index contributed by atoms with van der Waals surface area (Å²) in [4.78, 5) is 4.59. The summed E-state index contributed by atoms with van der Waals surface area (Å²) in [5.74, 6) is 0.546. The van der Waals surface area contributed by atoms with Crippen LogP contribution < -0.4 is 5.48 Å². The molecule has 0 aromatic carbocycles. The molecule has 2 aliphatic rings. The predicted molar refractivity (Wildman–Crippen MR) is 30.1 cm³/mol. The summed E-state index contributed by atoms with van der Waals surface area (Å²) in [6.07, 6.45) is 3.74. The molecule has 3 nitrogen and oxygen atoms in total. The molecule has 4 heteroatoms. The summed E-state index contributed by atoms with van der Waals surface area (Å²) in [6, 6.07) is 0. The molecule has 0 aliphatic carbocycles. The molecular weight excluding hydrogens is 125 g/mol. The highest BCUT2D eigenvalue weighted by atomic mass is 31.1. The van der Waals surface area contributed by atoms with Gasteiger partial charge in [-0.1, -0.05) is 0 Å². The van der Waals surface area contributed by atoms with Gasteiger partial charge in [-0.15, -0.1) is 4.99 Å². The van der Waals surface area contributed by atoms with Crippen LogP contribution in [0.1, 0.15) is 12.8 Å². The Kier molecular flexibility index (Phi) is 1.23. The number of rotatable bonds is 0. The van der Waals surface area contributed by atoms with Crippen molar-refractivity contribution in [1.29, 1.82) is 0 Å². The second kappa shape index (κ2) is 1.92. The minimum Gasteiger partial charge on any atom is -0.195 e. The Morgan fingerprint density at radius 1 is 1.62 bits per heavy atom. The zero-order valence-electron chi connectivity index (χ0n) is 4.46. The van der Waals surface area contributed by atoms with E-state index in [-0.39, 0.29) is 8.15 Å². The molecule has 2 atom stereocenters. The molecule has 0 saturated carbocycles. The van der Waals surface area contributed by atoms with Crippen molar-refractivity contribution < 1.29 is 9.66 Å². The molecule has 1 N–H and O–H groups in total. The molecule has 0 amide bonds. The predicted octanol–water partition coefficient (Wildman–Crippen LogP) is 0.970. The quantitative estimate of drug-likeness (QED) is 0.394. The Morgan fingerprint density at radius 3 is 3.50 bits per heavy atom. The minimum atomic E-state index is -0.226. The third-order valence-electron chi connectivity index (χ3n) is 1.52. The lowest BCUT2D eigenvalue weighted by Crippen LogP contribution is -2.15. The van der Waals surface area contributed by atoms with Crippen molar-refractivity contribution in [2.75, 3.05) is 6.16 Å². The van der Waals surface area contributed by atoms with E-state index in [1.165, 1.54) is 19.0 Å². The van der Waals surface area contributed by atoms with E-state index in [0.29, 0.717) is 5.78 Å². The van der Waals surface area contributed by atoms with Crippen molar-refractivity contribution >= 4 is 8.15 Å². The number of hydrogen-bond acceptors (Lipinski definition) is 3. The molecule has 2 rings (SSSR count). The van der Waals surface area contributed by atoms with Crippen LogP contribution in [0, 0.1) is 0 Å². The summed E-state index contributed by atoms with van der Waals surface area (Å²) >= 11 is 0. The van der Waals surface area contributed by atoms with E-state index in [2.05, 4.69) is 10.5 Å². The van der Waals surface area contributed by atoms with E-state index in [1.807, 2.05) is 0 Å². The monoisotopic (exact) mass is 133 g/mol. The number of nitrogens with one attached hydrogen (secondary N) is 1. The van der Waals surface area contributed by atoms with Crippen molar-refractivity contribution in [2.45, 2.75) is 18.6 Å². The molecule has 46 valence electrons. The van der Waals surface area contributed by atoms with Gasteiger partial charge in [0.05, 0.1) is 13.9 Å². The van der Waals surface area contributed by atoms with E-state index >= 15 is 0 Å². The molecule has 0 spiro atoms. The van der Waals surface area contributed by atoms with Gasteiger partial charge in [0.1, 0.15) is 0 Å². The van der Waals surface area contributed by atoms with Gasteiger partial charge in [0.2, 0.25) is 0 Å². The van der Waals surface area contributed by atoms with Gasteiger partial charge in [0, 0.05) is 0 Å². The lowest BCUT2D eigenvalue weighted by Gasteiger charge is -1.98. The Labute approximate surface area is 49.1 Å². The van der Waals surface area contributed by atoms with Gasteiger partial charge in [0.15, 0.2) is 0 Å². The second-order valence-electron chi connectivity index (χ2n) is 2.07. The van der Waals surface area contributed by atoms with Gasteiger partial charge in [-0.3, -0.25) is 0 Å². The van der Waals surface area contributed by atoms with Crippen LogP contribution in [-0.4, -0.2) is 11.9 Å². The maximum Gasteiger partial charge on any atom is 0.0928 e.